The van der Waals surface area contributed by atoms with Crippen LogP contribution in [-0.2, 0) is 15.0 Å². The molecule has 132 valence electrons. The zero-order valence-electron chi connectivity index (χ0n) is 14.1. The number of anilines is 1. The highest BCUT2D eigenvalue weighted by atomic mass is 32.1. The van der Waals surface area contributed by atoms with Crippen molar-refractivity contribution in [1.29, 1.82) is 0 Å². The second kappa shape index (κ2) is 7.14. The van der Waals surface area contributed by atoms with Crippen LogP contribution in [0.15, 0.2) is 35.0 Å². The number of fused-ring (bicyclic) bond motifs is 1. The maximum atomic E-state index is 12.1. The number of nitrogens with one attached hydrogen (secondary N) is 2. The van der Waals surface area contributed by atoms with Crippen molar-refractivity contribution in [3.63, 3.8) is 0 Å². The van der Waals surface area contributed by atoms with Gasteiger partial charge >= 0.3 is 11.8 Å². The highest BCUT2D eigenvalue weighted by Gasteiger charge is 2.24. The van der Waals surface area contributed by atoms with Crippen LogP contribution >= 0.6 is 11.3 Å². The predicted molar refractivity (Wildman–Crippen MR) is 96.4 cm³/mol. The van der Waals surface area contributed by atoms with Gasteiger partial charge in [0.1, 0.15) is 13.2 Å². The summed E-state index contributed by atoms with van der Waals surface area (Å²) in [4.78, 5) is 24.2. The maximum absolute atomic E-state index is 12.1. The monoisotopic (exact) mass is 360 g/mol. The summed E-state index contributed by atoms with van der Waals surface area (Å²) in [6.07, 6.45) is 0. The van der Waals surface area contributed by atoms with Gasteiger partial charge in [0.2, 0.25) is 0 Å². The molecule has 0 saturated carbocycles. The van der Waals surface area contributed by atoms with Gasteiger partial charge in [0.15, 0.2) is 11.5 Å². The Morgan fingerprint density at radius 1 is 1.12 bits per heavy atom. The third-order valence-corrected chi connectivity index (χ3v) is 4.68. The molecule has 0 spiro atoms. The van der Waals surface area contributed by atoms with Gasteiger partial charge < -0.3 is 20.1 Å². The molecule has 3 rings (SSSR count). The number of hydrogen-bond donors (Lipinski definition) is 2. The van der Waals surface area contributed by atoms with E-state index in [1.54, 1.807) is 29.5 Å². The highest BCUT2D eigenvalue weighted by Crippen LogP contribution is 2.32. The van der Waals surface area contributed by atoms with E-state index in [-0.39, 0.29) is 5.41 Å². The lowest BCUT2D eigenvalue weighted by molar-refractivity contribution is -0.136. The molecule has 2 heterocycles. The van der Waals surface area contributed by atoms with Crippen molar-refractivity contribution in [2.45, 2.75) is 19.3 Å². The lowest BCUT2D eigenvalue weighted by atomic mass is 9.86. The molecule has 2 N–H and O–H groups in total. The van der Waals surface area contributed by atoms with Crippen LogP contribution in [-0.4, -0.2) is 31.6 Å². The van der Waals surface area contributed by atoms with E-state index in [1.807, 2.05) is 30.7 Å². The molecular weight excluding hydrogens is 340 g/mol. The van der Waals surface area contributed by atoms with Crippen molar-refractivity contribution < 1.29 is 19.1 Å². The zero-order valence-corrected chi connectivity index (χ0v) is 14.9. The Kier molecular flexibility index (Phi) is 4.94. The van der Waals surface area contributed by atoms with Crippen molar-refractivity contribution in [2.24, 2.45) is 0 Å². The number of ether oxygens (including phenoxy) is 2. The molecule has 0 fully saturated rings. The molecule has 2 aromatic rings. The molecule has 25 heavy (non-hydrogen) atoms. The molecular formula is C18H20N2O4S. The molecule has 0 unspecified atom stereocenters. The van der Waals surface area contributed by atoms with Crippen LogP contribution in [0.5, 0.6) is 11.5 Å². The van der Waals surface area contributed by atoms with Gasteiger partial charge in [0.05, 0.1) is 0 Å². The van der Waals surface area contributed by atoms with Gasteiger partial charge in [-0.1, -0.05) is 13.8 Å². The van der Waals surface area contributed by atoms with Crippen LogP contribution < -0.4 is 20.1 Å². The highest BCUT2D eigenvalue weighted by molar-refractivity contribution is 7.08. The normalized spacial score (nSPS) is 13.2. The first kappa shape index (κ1) is 17.3. The first-order chi connectivity index (χ1) is 12.0. The van der Waals surface area contributed by atoms with Crippen molar-refractivity contribution >= 4 is 28.8 Å². The molecule has 0 bridgehead atoms. The average molecular weight is 360 g/mol. The summed E-state index contributed by atoms with van der Waals surface area (Å²) < 4.78 is 10.9. The summed E-state index contributed by atoms with van der Waals surface area (Å²) in [6, 6.07) is 7.05. The number of carbonyl (C=O) groups excluding carboxylic acids is 2. The van der Waals surface area contributed by atoms with Crippen LogP contribution in [0.4, 0.5) is 5.69 Å². The SMILES string of the molecule is CC(C)(CNC(=O)C(=O)Nc1ccc2c(c1)OCCO2)c1ccsc1. The molecule has 0 aliphatic carbocycles. The molecule has 0 atom stereocenters. The van der Waals surface area contributed by atoms with Gasteiger partial charge in [0, 0.05) is 23.7 Å². The summed E-state index contributed by atoms with van der Waals surface area (Å²) in [7, 11) is 0. The molecule has 1 aromatic carbocycles. The van der Waals surface area contributed by atoms with E-state index in [2.05, 4.69) is 10.6 Å². The smallest absolute Gasteiger partial charge is 0.313 e. The minimum absolute atomic E-state index is 0.243. The fraction of sp³-hybridized carbons (Fsp3) is 0.333. The van der Waals surface area contributed by atoms with E-state index in [4.69, 9.17) is 9.47 Å². The standard InChI is InChI=1S/C18H20N2O4S/c1-18(2,12-5-8-25-10-12)11-19-16(21)17(22)20-13-3-4-14-15(9-13)24-7-6-23-14/h3-5,8-10H,6-7,11H2,1-2H3,(H,19,21)(H,20,22). The van der Waals surface area contributed by atoms with Crippen LogP contribution in [0, 0.1) is 0 Å². The summed E-state index contributed by atoms with van der Waals surface area (Å²) in [6.45, 7) is 5.38. The van der Waals surface area contributed by atoms with Gasteiger partial charge in [-0.05, 0) is 34.5 Å². The van der Waals surface area contributed by atoms with Crippen molar-refractivity contribution in [1.82, 2.24) is 5.32 Å². The first-order valence-corrected chi connectivity index (χ1v) is 8.91. The summed E-state index contributed by atoms with van der Waals surface area (Å²) in [5.74, 6) is -0.190. The zero-order chi connectivity index (χ0) is 17.9. The van der Waals surface area contributed by atoms with Crippen LogP contribution in [0.1, 0.15) is 19.4 Å². The van der Waals surface area contributed by atoms with Crippen molar-refractivity contribution in [3.8, 4) is 11.5 Å². The van der Waals surface area contributed by atoms with E-state index in [0.717, 1.165) is 5.56 Å². The molecule has 2 amide bonds. The Morgan fingerprint density at radius 3 is 2.60 bits per heavy atom. The van der Waals surface area contributed by atoms with Crippen molar-refractivity contribution in [2.75, 3.05) is 25.1 Å². The Balaban J connectivity index is 1.57. The maximum Gasteiger partial charge on any atom is 0.313 e. The molecule has 0 radical (unpaired) electrons. The fourth-order valence-electron chi connectivity index (χ4n) is 2.44. The van der Waals surface area contributed by atoms with E-state index in [0.29, 0.717) is 36.9 Å². The second-order valence-electron chi connectivity index (χ2n) is 6.39. The molecule has 0 saturated heterocycles. The minimum atomic E-state index is -0.710. The Labute approximate surface area is 150 Å². The van der Waals surface area contributed by atoms with Crippen LogP contribution in [0.25, 0.3) is 0 Å². The van der Waals surface area contributed by atoms with E-state index < -0.39 is 11.8 Å². The quantitative estimate of drug-likeness (QED) is 0.822. The summed E-state index contributed by atoms with van der Waals surface area (Å²) in [5, 5.41) is 9.31. The lowest BCUT2D eigenvalue weighted by Crippen LogP contribution is -2.42. The molecule has 7 heteroatoms. The van der Waals surface area contributed by atoms with Gasteiger partial charge in [-0.25, -0.2) is 0 Å². The van der Waals surface area contributed by atoms with Gasteiger partial charge in [-0.15, -0.1) is 0 Å². The van der Waals surface area contributed by atoms with Gasteiger partial charge in [-0.2, -0.15) is 11.3 Å². The number of hydrogen-bond acceptors (Lipinski definition) is 5. The second-order valence-corrected chi connectivity index (χ2v) is 7.17. The minimum Gasteiger partial charge on any atom is -0.486 e. The number of thiophene rings is 1. The molecule has 1 aliphatic heterocycles. The topological polar surface area (TPSA) is 76.7 Å². The number of amides is 2. The van der Waals surface area contributed by atoms with Crippen LogP contribution in [0.2, 0.25) is 0 Å². The van der Waals surface area contributed by atoms with Crippen molar-refractivity contribution in [3.05, 3.63) is 40.6 Å². The van der Waals surface area contributed by atoms with Gasteiger partial charge in [0.25, 0.3) is 0 Å². The average Bonchev–Trinajstić information content (AvgIpc) is 3.15. The summed E-state index contributed by atoms with van der Waals surface area (Å²) in [5.41, 5.74) is 1.37. The Morgan fingerprint density at radius 2 is 1.88 bits per heavy atom. The largest absolute Gasteiger partial charge is 0.486 e. The van der Waals surface area contributed by atoms with E-state index in [9.17, 15) is 9.59 Å². The molecule has 1 aliphatic rings. The number of benzene rings is 1. The Bertz CT molecular complexity index is 771. The Hall–Kier alpha value is -2.54. The first-order valence-electron chi connectivity index (χ1n) is 7.97. The fourth-order valence-corrected chi connectivity index (χ4v) is 3.29. The third kappa shape index (κ3) is 4.11. The van der Waals surface area contributed by atoms with Crippen LogP contribution in [0.3, 0.4) is 0 Å². The number of carbonyl (C=O) groups is 2. The lowest BCUT2D eigenvalue weighted by Gasteiger charge is -2.24. The third-order valence-electron chi connectivity index (χ3n) is 4.00. The predicted octanol–water partition coefficient (Wildman–Crippen LogP) is 2.55. The molecule has 6 nitrogen and oxygen atoms in total. The number of rotatable bonds is 4. The summed E-state index contributed by atoms with van der Waals surface area (Å²) >= 11 is 1.61. The molecule has 1 aromatic heterocycles. The van der Waals surface area contributed by atoms with Gasteiger partial charge in [-0.3, -0.25) is 9.59 Å². The van der Waals surface area contributed by atoms with E-state index in [1.165, 1.54) is 0 Å². The van der Waals surface area contributed by atoms with E-state index >= 15 is 0 Å².